The van der Waals surface area contributed by atoms with E-state index in [0.29, 0.717) is 28.6 Å². The van der Waals surface area contributed by atoms with Crippen molar-refractivity contribution in [1.29, 1.82) is 0 Å². The van der Waals surface area contributed by atoms with Crippen LogP contribution in [0.4, 0.5) is 0 Å². The smallest absolute Gasteiger partial charge is 0.303 e. The fraction of sp³-hybridized carbons (Fsp3) is 0.364. The first-order valence-electron chi connectivity index (χ1n) is 4.81. The van der Waals surface area contributed by atoms with Gasteiger partial charge in [0.05, 0.1) is 11.6 Å². The summed E-state index contributed by atoms with van der Waals surface area (Å²) < 4.78 is 5.77. The number of methoxy groups -OCH3 is 1. The molecule has 0 aliphatic rings. The van der Waals surface area contributed by atoms with E-state index in [4.69, 9.17) is 9.84 Å². The van der Waals surface area contributed by atoms with Gasteiger partial charge in [-0.15, -0.1) is 0 Å². The van der Waals surface area contributed by atoms with Crippen LogP contribution in [-0.2, 0) is 11.2 Å². The van der Waals surface area contributed by atoms with Crippen LogP contribution in [-0.4, -0.2) is 23.3 Å². The Morgan fingerprint density at radius 2 is 2.19 bits per heavy atom. The molecule has 0 radical (unpaired) electrons. The molecule has 0 fully saturated rings. The van der Waals surface area contributed by atoms with E-state index in [0.717, 1.165) is 0 Å². The molecule has 2 N–H and O–H groups in total. The van der Waals surface area contributed by atoms with Crippen LogP contribution in [0, 0.1) is 0 Å². The number of carboxylic acid groups (broad SMARTS) is 1. The fourth-order valence-corrected chi connectivity index (χ4v) is 1.86. The molecule has 0 unspecified atom stereocenters. The molecule has 0 saturated carbocycles. The molecule has 0 amide bonds. The molecular weight excluding hydrogens is 276 g/mol. The molecule has 1 rings (SSSR count). The Morgan fingerprint density at radius 3 is 2.75 bits per heavy atom. The molecule has 4 nitrogen and oxygen atoms in total. The number of carbonyl (C=O) groups is 1. The number of aliphatic carboxylic acids is 1. The summed E-state index contributed by atoms with van der Waals surface area (Å²) in [6, 6.07) is 3.26. The van der Waals surface area contributed by atoms with Crippen molar-refractivity contribution in [3.05, 3.63) is 22.2 Å². The van der Waals surface area contributed by atoms with E-state index in [2.05, 4.69) is 15.9 Å². The van der Waals surface area contributed by atoms with Crippen molar-refractivity contribution in [2.75, 3.05) is 7.11 Å². The molecular formula is C11H13BrO4. The highest BCUT2D eigenvalue weighted by molar-refractivity contribution is 9.10. The second kappa shape index (κ2) is 5.75. The van der Waals surface area contributed by atoms with E-state index in [1.807, 2.05) is 0 Å². The molecule has 0 heterocycles. The lowest BCUT2D eigenvalue weighted by Gasteiger charge is -2.08. The van der Waals surface area contributed by atoms with E-state index in [1.54, 1.807) is 12.1 Å². The number of halogens is 1. The van der Waals surface area contributed by atoms with Crippen LogP contribution in [0.3, 0.4) is 0 Å². The van der Waals surface area contributed by atoms with Crippen molar-refractivity contribution < 1.29 is 19.7 Å². The Balaban J connectivity index is 2.75. The maximum absolute atomic E-state index is 10.4. The van der Waals surface area contributed by atoms with Gasteiger partial charge in [0.25, 0.3) is 0 Å². The molecule has 5 heteroatoms. The highest BCUT2D eigenvalue weighted by Gasteiger charge is 2.08. The third-order valence-corrected chi connectivity index (χ3v) is 2.81. The average molecular weight is 289 g/mol. The molecule has 0 saturated heterocycles. The number of benzene rings is 1. The zero-order valence-electron chi connectivity index (χ0n) is 8.86. The summed E-state index contributed by atoms with van der Waals surface area (Å²) in [5.41, 5.74) is 0.696. The van der Waals surface area contributed by atoms with E-state index in [-0.39, 0.29) is 12.2 Å². The number of hydrogen-bond donors (Lipinski definition) is 2. The number of carboxylic acids is 1. The van der Waals surface area contributed by atoms with Gasteiger partial charge in [0, 0.05) is 6.42 Å². The summed E-state index contributed by atoms with van der Waals surface area (Å²) in [6.45, 7) is 0. The molecule has 88 valence electrons. The topological polar surface area (TPSA) is 66.8 Å². The normalized spacial score (nSPS) is 10.1. The quantitative estimate of drug-likeness (QED) is 0.874. The van der Waals surface area contributed by atoms with Gasteiger partial charge in [-0.1, -0.05) is 0 Å². The second-order valence-corrected chi connectivity index (χ2v) is 4.22. The lowest BCUT2D eigenvalue weighted by atomic mass is 10.1. The highest BCUT2D eigenvalue weighted by Crippen LogP contribution is 2.32. The van der Waals surface area contributed by atoms with Gasteiger partial charge in [0.2, 0.25) is 0 Å². The highest BCUT2D eigenvalue weighted by atomic mass is 79.9. The van der Waals surface area contributed by atoms with Crippen molar-refractivity contribution in [3.8, 4) is 11.5 Å². The number of phenols is 1. The summed E-state index contributed by atoms with van der Waals surface area (Å²) in [6.07, 6.45) is 1.10. The Kier molecular flexibility index (Phi) is 4.61. The van der Waals surface area contributed by atoms with Crippen LogP contribution in [0.5, 0.6) is 11.5 Å². The summed E-state index contributed by atoms with van der Waals surface area (Å²) in [7, 11) is 1.54. The van der Waals surface area contributed by atoms with Crippen LogP contribution >= 0.6 is 15.9 Å². The van der Waals surface area contributed by atoms with Crippen molar-refractivity contribution in [2.45, 2.75) is 19.3 Å². The maximum Gasteiger partial charge on any atom is 0.303 e. The minimum absolute atomic E-state index is 0.0951. The van der Waals surface area contributed by atoms with Crippen LogP contribution in [0.15, 0.2) is 16.6 Å². The minimum Gasteiger partial charge on any atom is -0.508 e. The van der Waals surface area contributed by atoms with Gasteiger partial charge in [-0.05, 0) is 46.5 Å². The average Bonchev–Trinajstić information content (AvgIpc) is 2.20. The molecule has 0 aromatic heterocycles. The predicted molar refractivity (Wildman–Crippen MR) is 62.9 cm³/mol. The summed E-state index contributed by atoms with van der Waals surface area (Å²) in [4.78, 5) is 10.4. The van der Waals surface area contributed by atoms with Gasteiger partial charge in [-0.25, -0.2) is 0 Å². The second-order valence-electron chi connectivity index (χ2n) is 3.36. The van der Waals surface area contributed by atoms with Gasteiger partial charge < -0.3 is 14.9 Å². The summed E-state index contributed by atoms with van der Waals surface area (Å²) in [5, 5.41) is 18.2. The summed E-state index contributed by atoms with van der Waals surface area (Å²) in [5.74, 6) is -0.0512. The van der Waals surface area contributed by atoms with Crippen molar-refractivity contribution in [1.82, 2.24) is 0 Å². The molecule has 0 bridgehead atoms. The molecule has 0 spiro atoms. The Labute approximate surface area is 102 Å². The van der Waals surface area contributed by atoms with E-state index < -0.39 is 5.97 Å². The summed E-state index contributed by atoms with van der Waals surface area (Å²) >= 11 is 3.25. The minimum atomic E-state index is -0.830. The predicted octanol–water partition coefficient (Wildman–Crippen LogP) is 2.57. The fourth-order valence-electron chi connectivity index (χ4n) is 1.37. The van der Waals surface area contributed by atoms with Gasteiger partial charge >= 0.3 is 5.97 Å². The standard InChI is InChI=1S/C11H13BrO4/c1-16-10-5-7(3-2-4-11(14)15)9(13)6-8(10)12/h5-6,13H,2-4H2,1H3,(H,14,15). The Morgan fingerprint density at radius 1 is 1.50 bits per heavy atom. The number of aryl methyl sites for hydroxylation is 1. The first-order chi connectivity index (χ1) is 7.54. The van der Waals surface area contributed by atoms with Crippen LogP contribution in [0.1, 0.15) is 18.4 Å². The third kappa shape index (κ3) is 3.41. The van der Waals surface area contributed by atoms with Crippen molar-refractivity contribution in [2.24, 2.45) is 0 Å². The first-order valence-corrected chi connectivity index (χ1v) is 5.61. The zero-order valence-corrected chi connectivity index (χ0v) is 10.5. The molecule has 0 aliphatic carbocycles. The Bertz CT molecular complexity index is 390. The largest absolute Gasteiger partial charge is 0.508 e. The lowest BCUT2D eigenvalue weighted by molar-refractivity contribution is -0.137. The monoisotopic (exact) mass is 288 g/mol. The zero-order chi connectivity index (χ0) is 12.1. The van der Waals surface area contributed by atoms with Gasteiger partial charge in [-0.3, -0.25) is 4.79 Å². The number of rotatable bonds is 5. The number of phenolic OH excluding ortho intramolecular Hbond substituents is 1. The van der Waals surface area contributed by atoms with E-state index in [9.17, 15) is 9.90 Å². The lowest BCUT2D eigenvalue weighted by Crippen LogP contribution is -1.96. The maximum atomic E-state index is 10.4. The van der Waals surface area contributed by atoms with Crippen LogP contribution in [0.25, 0.3) is 0 Å². The molecule has 0 atom stereocenters. The third-order valence-electron chi connectivity index (χ3n) is 2.19. The number of ether oxygens (including phenoxy) is 1. The number of aromatic hydroxyl groups is 1. The number of hydrogen-bond acceptors (Lipinski definition) is 3. The molecule has 0 aliphatic heterocycles. The van der Waals surface area contributed by atoms with Gasteiger partial charge in [0.15, 0.2) is 0 Å². The SMILES string of the molecule is COc1cc(CCCC(=O)O)c(O)cc1Br. The van der Waals surface area contributed by atoms with Crippen LogP contribution < -0.4 is 4.74 Å². The first kappa shape index (κ1) is 12.8. The molecule has 1 aromatic rings. The van der Waals surface area contributed by atoms with Crippen molar-refractivity contribution >= 4 is 21.9 Å². The van der Waals surface area contributed by atoms with Crippen LogP contribution in [0.2, 0.25) is 0 Å². The van der Waals surface area contributed by atoms with Gasteiger partial charge in [0.1, 0.15) is 11.5 Å². The Hall–Kier alpha value is -1.23. The molecule has 16 heavy (non-hydrogen) atoms. The van der Waals surface area contributed by atoms with E-state index in [1.165, 1.54) is 7.11 Å². The van der Waals surface area contributed by atoms with Gasteiger partial charge in [-0.2, -0.15) is 0 Å². The molecule has 1 aromatic carbocycles. The van der Waals surface area contributed by atoms with Crippen molar-refractivity contribution in [3.63, 3.8) is 0 Å². The van der Waals surface area contributed by atoms with E-state index >= 15 is 0 Å².